The van der Waals surface area contributed by atoms with E-state index in [1.807, 2.05) is 0 Å². The van der Waals surface area contributed by atoms with Gasteiger partial charge < -0.3 is 5.73 Å². The first kappa shape index (κ1) is 10.4. The molecule has 0 saturated heterocycles. The average molecular weight is 161 g/mol. The van der Waals surface area contributed by atoms with Crippen LogP contribution < -0.4 is 5.73 Å². The highest BCUT2D eigenvalue weighted by Gasteiger charge is 2.08. The topological polar surface area (TPSA) is 26.0 Å². The summed E-state index contributed by atoms with van der Waals surface area (Å²) in [5, 5.41) is 0. The molecule has 62 valence electrons. The van der Waals surface area contributed by atoms with Gasteiger partial charge in [-0.25, -0.2) is 0 Å². The molecule has 0 radical (unpaired) electrons. The third-order valence-electron chi connectivity index (χ3n) is 1.29. The smallest absolute Gasteiger partial charge is 0.0134 e. The fraction of sp³-hybridized carbons (Fsp3) is 1.00. The zero-order valence-electron chi connectivity index (χ0n) is 7.41. The minimum atomic E-state index is 0.0617. The van der Waals surface area contributed by atoms with E-state index in [1.165, 1.54) is 25.2 Å². The minimum absolute atomic E-state index is 0.0617. The summed E-state index contributed by atoms with van der Waals surface area (Å²) in [5.74, 6) is 0. The Balaban J connectivity index is 3.04. The summed E-state index contributed by atoms with van der Waals surface area (Å²) in [6.45, 7) is 6.44. The van der Waals surface area contributed by atoms with Gasteiger partial charge in [-0.3, -0.25) is 0 Å². The predicted molar refractivity (Wildman–Crippen MR) is 51.2 cm³/mol. The van der Waals surface area contributed by atoms with E-state index in [-0.39, 0.29) is 5.54 Å². The van der Waals surface area contributed by atoms with E-state index in [4.69, 9.17) is 5.73 Å². The van der Waals surface area contributed by atoms with Crippen molar-refractivity contribution >= 4 is 8.58 Å². The SMILES string of the molecule is CCCCPCC(C)(C)N. The van der Waals surface area contributed by atoms with Crippen LogP contribution in [0.25, 0.3) is 0 Å². The zero-order valence-corrected chi connectivity index (χ0v) is 8.41. The number of rotatable bonds is 5. The van der Waals surface area contributed by atoms with Crippen LogP contribution in [0, 0.1) is 0 Å². The summed E-state index contributed by atoms with van der Waals surface area (Å²) in [5.41, 5.74) is 5.89. The molecule has 0 aromatic heterocycles. The van der Waals surface area contributed by atoms with Crippen LogP contribution in [0.2, 0.25) is 0 Å². The number of nitrogens with two attached hydrogens (primary N) is 1. The van der Waals surface area contributed by atoms with Crippen molar-refractivity contribution in [2.45, 2.75) is 39.2 Å². The second-order valence-electron chi connectivity index (χ2n) is 3.52. The Morgan fingerprint density at radius 3 is 2.40 bits per heavy atom. The van der Waals surface area contributed by atoms with Gasteiger partial charge in [-0.05, 0) is 32.6 Å². The molecule has 0 aliphatic rings. The Bertz CT molecular complexity index is 75.8. The summed E-state index contributed by atoms with van der Waals surface area (Å²) < 4.78 is 0. The maximum absolute atomic E-state index is 5.82. The van der Waals surface area contributed by atoms with Gasteiger partial charge in [0, 0.05) is 5.54 Å². The Hall–Kier alpha value is 0.390. The molecule has 0 amide bonds. The fourth-order valence-electron chi connectivity index (χ4n) is 0.712. The van der Waals surface area contributed by atoms with E-state index in [9.17, 15) is 0 Å². The summed E-state index contributed by atoms with van der Waals surface area (Å²) in [4.78, 5) is 0. The molecule has 0 saturated carbocycles. The van der Waals surface area contributed by atoms with E-state index >= 15 is 0 Å². The van der Waals surface area contributed by atoms with Gasteiger partial charge in [0.1, 0.15) is 0 Å². The molecule has 2 heteroatoms. The normalized spacial score (nSPS) is 13.2. The van der Waals surface area contributed by atoms with Crippen LogP contribution in [-0.4, -0.2) is 17.9 Å². The predicted octanol–water partition coefficient (Wildman–Crippen LogP) is 2.20. The van der Waals surface area contributed by atoms with Crippen molar-refractivity contribution < 1.29 is 0 Å². The molecule has 0 fully saturated rings. The van der Waals surface area contributed by atoms with Crippen molar-refractivity contribution in [2.75, 3.05) is 12.3 Å². The maximum atomic E-state index is 5.82. The van der Waals surface area contributed by atoms with Crippen LogP contribution >= 0.6 is 8.58 Å². The average Bonchev–Trinajstić information content (AvgIpc) is 1.78. The van der Waals surface area contributed by atoms with Gasteiger partial charge in [0.15, 0.2) is 0 Å². The highest BCUT2D eigenvalue weighted by molar-refractivity contribution is 7.38. The molecule has 10 heavy (non-hydrogen) atoms. The van der Waals surface area contributed by atoms with Gasteiger partial charge >= 0.3 is 0 Å². The third kappa shape index (κ3) is 8.39. The van der Waals surface area contributed by atoms with Crippen molar-refractivity contribution in [3.63, 3.8) is 0 Å². The van der Waals surface area contributed by atoms with E-state index in [1.54, 1.807) is 0 Å². The Kier molecular flexibility index (Phi) is 5.29. The fourth-order valence-corrected chi connectivity index (χ4v) is 2.14. The van der Waals surface area contributed by atoms with Crippen LogP contribution in [0.3, 0.4) is 0 Å². The van der Waals surface area contributed by atoms with Gasteiger partial charge in [0.25, 0.3) is 0 Å². The first-order valence-corrected chi connectivity index (χ1v) is 5.47. The number of hydrogen-bond acceptors (Lipinski definition) is 1. The Morgan fingerprint density at radius 1 is 1.40 bits per heavy atom. The van der Waals surface area contributed by atoms with E-state index in [2.05, 4.69) is 20.8 Å². The quantitative estimate of drug-likeness (QED) is 0.485. The van der Waals surface area contributed by atoms with Gasteiger partial charge in [0.2, 0.25) is 0 Å². The molecule has 0 aromatic rings. The lowest BCUT2D eigenvalue weighted by atomic mass is 10.1. The summed E-state index contributed by atoms with van der Waals surface area (Å²) in [6.07, 6.45) is 5.25. The lowest BCUT2D eigenvalue weighted by molar-refractivity contribution is 0.588. The zero-order chi connectivity index (χ0) is 8.04. The highest BCUT2D eigenvalue weighted by atomic mass is 31.1. The highest BCUT2D eigenvalue weighted by Crippen LogP contribution is 2.17. The lowest BCUT2D eigenvalue weighted by Crippen LogP contribution is -2.34. The van der Waals surface area contributed by atoms with Crippen molar-refractivity contribution in [1.82, 2.24) is 0 Å². The molecular formula is C8H20NP. The monoisotopic (exact) mass is 161 g/mol. The van der Waals surface area contributed by atoms with Crippen LogP contribution in [0.1, 0.15) is 33.6 Å². The van der Waals surface area contributed by atoms with E-state index in [0.29, 0.717) is 0 Å². The molecule has 0 bridgehead atoms. The van der Waals surface area contributed by atoms with Crippen molar-refractivity contribution in [2.24, 2.45) is 5.73 Å². The molecule has 0 heterocycles. The molecule has 1 unspecified atom stereocenters. The molecule has 0 rings (SSSR count). The van der Waals surface area contributed by atoms with Gasteiger partial charge in [-0.2, -0.15) is 0 Å². The molecule has 0 spiro atoms. The van der Waals surface area contributed by atoms with Gasteiger partial charge in [-0.15, -0.1) is 8.58 Å². The van der Waals surface area contributed by atoms with Gasteiger partial charge in [-0.1, -0.05) is 13.3 Å². The number of hydrogen-bond donors (Lipinski definition) is 1. The van der Waals surface area contributed by atoms with E-state index in [0.717, 1.165) is 8.58 Å². The minimum Gasteiger partial charge on any atom is -0.325 e. The van der Waals surface area contributed by atoms with Crippen molar-refractivity contribution in [3.8, 4) is 0 Å². The summed E-state index contributed by atoms with van der Waals surface area (Å²) in [7, 11) is 1.07. The summed E-state index contributed by atoms with van der Waals surface area (Å²) in [6, 6.07) is 0. The molecule has 0 aliphatic heterocycles. The van der Waals surface area contributed by atoms with Crippen LogP contribution in [0.4, 0.5) is 0 Å². The molecule has 1 atom stereocenters. The second kappa shape index (κ2) is 5.09. The molecular weight excluding hydrogens is 141 g/mol. The largest absolute Gasteiger partial charge is 0.325 e. The van der Waals surface area contributed by atoms with E-state index < -0.39 is 0 Å². The van der Waals surface area contributed by atoms with Crippen molar-refractivity contribution in [1.29, 1.82) is 0 Å². The van der Waals surface area contributed by atoms with Crippen LogP contribution in [-0.2, 0) is 0 Å². The summed E-state index contributed by atoms with van der Waals surface area (Å²) >= 11 is 0. The van der Waals surface area contributed by atoms with Crippen LogP contribution in [0.5, 0.6) is 0 Å². The van der Waals surface area contributed by atoms with Gasteiger partial charge in [0.05, 0.1) is 0 Å². The number of unbranched alkanes of at least 4 members (excludes halogenated alkanes) is 1. The molecule has 1 nitrogen and oxygen atoms in total. The maximum Gasteiger partial charge on any atom is 0.0134 e. The Labute approximate surface area is 66.5 Å². The molecule has 0 aliphatic carbocycles. The second-order valence-corrected chi connectivity index (χ2v) is 4.87. The first-order valence-electron chi connectivity index (χ1n) is 4.06. The molecule has 0 aromatic carbocycles. The Morgan fingerprint density at radius 2 is 2.00 bits per heavy atom. The standard InChI is InChI=1S/C8H20NP/c1-4-5-6-10-7-8(2,3)9/h10H,4-7,9H2,1-3H3. The van der Waals surface area contributed by atoms with Crippen LogP contribution in [0.15, 0.2) is 0 Å². The third-order valence-corrected chi connectivity index (χ3v) is 3.16. The molecule has 2 N–H and O–H groups in total. The van der Waals surface area contributed by atoms with Crippen molar-refractivity contribution in [3.05, 3.63) is 0 Å². The first-order chi connectivity index (χ1) is 4.56. The lowest BCUT2D eigenvalue weighted by Gasteiger charge is -2.17.